The Labute approximate surface area is 146 Å². The maximum Gasteiger partial charge on any atom is 0.252 e. The van der Waals surface area contributed by atoms with Crippen LogP contribution < -0.4 is 5.32 Å². The predicted molar refractivity (Wildman–Crippen MR) is 90.8 cm³/mol. The van der Waals surface area contributed by atoms with Crippen LogP contribution in [0.25, 0.3) is 0 Å². The third-order valence-electron chi connectivity index (χ3n) is 4.46. The summed E-state index contributed by atoms with van der Waals surface area (Å²) in [7, 11) is 1.89. The molecule has 1 aliphatic heterocycles. The molecular weight excluding hydrogens is 320 g/mol. The Bertz CT molecular complexity index is 774. The topological polar surface area (TPSA) is 99.0 Å². The van der Waals surface area contributed by atoms with Crippen LogP contribution in [0.5, 0.6) is 0 Å². The van der Waals surface area contributed by atoms with Gasteiger partial charge in [-0.05, 0) is 12.6 Å². The summed E-state index contributed by atoms with van der Waals surface area (Å²) >= 11 is 0. The number of carbonyl (C=O) groups is 1. The van der Waals surface area contributed by atoms with Gasteiger partial charge in [0.05, 0.1) is 30.5 Å². The molecule has 1 amide bonds. The minimum Gasteiger partial charge on any atom is -0.373 e. The number of aromatic nitrogens is 3. The van der Waals surface area contributed by atoms with Crippen molar-refractivity contribution in [2.24, 2.45) is 7.05 Å². The normalized spacial score (nSPS) is 21.0. The summed E-state index contributed by atoms with van der Waals surface area (Å²) < 4.78 is 7.72. The van der Waals surface area contributed by atoms with Crippen molar-refractivity contribution in [3.8, 4) is 6.07 Å². The van der Waals surface area contributed by atoms with E-state index in [0.717, 1.165) is 18.7 Å². The Morgan fingerprint density at radius 1 is 1.60 bits per heavy atom. The van der Waals surface area contributed by atoms with Gasteiger partial charge in [-0.2, -0.15) is 10.4 Å². The van der Waals surface area contributed by atoms with Gasteiger partial charge in [0, 0.05) is 38.1 Å². The maximum absolute atomic E-state index is 12.3. The molecule has 3 heterocycles. The number of aryl methyl sites for hydroxylation is 1. The fraction of sp³-hybridized carbons (Fsp3) is 0.471. The molecule has 0 spiro atoms. The molecule has 0 saturated carbocycles. The molecule has 0 aromatic carbocycles. The Hall–Kier alpha value is -2.63. The van der Waals surface area contributed by atoms with Crippen LogP contribution in [-0.4, -0.2) is 57.9 Å². The van der Waals surface area contributed by atoms with Gasteiger partial charge in [0.1, 0.15) is 11.8 Å². The summed E-state index contributed by atoms with van der Waals surface area (Å²) in [5, 5.41) is 16.0. The molecule has 2 N–H and O–H groups in total. The zero-order valence-electron chi connectivity index (χ0n) is 14.4. The monoisotopic (exact) mass is 342 g/mol. The SMILES string of the molecule is CCN1CCO[C@@H](CNC(=O)c2c[nH]c(C#N)c2)[C@@H]1c1cnn(C)c1. The molecule has 1 fully saturated rings. The maximum atomic E-state index is 12.3. The fourth-order valence-electron chi connectivity index (χ4n) is 3.22. The lowest BCUT2D eigenvalue weighted by Gasteiger charge is -2.40. The summed E-state index contributed by atoms with van der Waals surface area (Å²) in [6, 6.07) is 3.56. The van der Waals surface area contributed by atoms with E-state index in [1.807, 2.05) is 25.5 Å². The number of hydrogen-bond donors (Lipinski definition) is 2. The molecule has 1 saturated heterocycles. The molecule has 0 unspecified atom stereocenters. The van der Waals surface area contributed by atoms with Gasteiger partial charge in [0.2, 0.25) is 0 Å². The van der Waals surface area contributed by atoms with Gasteiger partial charge in [-0.1, -0.05) is 6.92 Å². The minimum absolute atomic E-state index is 0.0497. The molecule has 3 rings (SSSR count). The number of hydrogen-bond acceptors (Lipinski definition) is 5. The highest BCUT2D eigenvalue weighted by atomic mass is 16.5. The molecule has 0 aliphatic carbocycles. The average Bonchev–Trinajstić information content (AvgIpc) is 3.28. The standard InChI is InChI=1S/C17H22N6O2/c1-3-23-4-5-25-15(16(23)13-9-21-22(2)11-13)10-20-17(24)12-6-14(7-18)19-8-12/h6,8-9,11,15-16,19H,3-5,10H2,1-2H3,(H,20,24)/t15-,16-/m0/s1. The average molecular weight is 342 g/mol. The molecular formula is C17H22N6O2. The molecule has 132 valence electrons. The molecule has 8 heteroatoms. The first-order valence-corrected chi connectivity index (χ1v) is 8.33. The summed E-state index contributed by atoms with van der Waals surface area (Å²) in [5.41, 5.74) is 1.89. The van der Waals surface area contributed by atoms with E-state index in [-0.39, 0.29) is 18.1 Å². The number of amides is 1. The van der Waals surface area contributed by atoms with Crippen LogP contribution in [-0.2, 0) is 11.8 Å². The Balaban J connectivity index is 1.70. The highest BCUT2D eigenvalue weighted by Gasteiger charge is 2.33. The van der Waals surface area contributed by atoms with Gasteiger partial charge < -0.3 is 15.0 Å². The molecule has 2 atom stereocenters. The van der Waals surface area contributed by atoms with Gasteiger partial charge in [0.15, 0.2) is 0 Å². The van der Waals surface area contributed by atoms with Crippen LogP contribution in [0.2, 0.25) is 0 Å². The summed E-state index contributed by atoms with van der Waals surface area (Å²) in [5.74, 6) is -0.222. The van der Waals surface area contributed by atoms with Crippen molar-refractivity contribution < 1.29 is 9.53 Å². The lowest BCUT2D eigenvalue weighted by molar-refractivity contribution is -0.0685. The lowest BCUT2D eigenvalue weighted by Crippen LogP contribution is -2.49. The summed E-state index contributed by atoms with van der Waals surface area (Å²) in [6.07, 6.45) is 5.22. The van der Waals surface area contributed by atoms with Crippen LogP contribution >= 0.6 is 0 Å². The van der Waals surface area contributed by atoms with Gasteiger partial charge >= 0.3 is 0 Å². The number of nitrogens with zero attached hydrogens (tertiary/aromatic N) is 4. The second-order valence-corrected chi connectivity index (χ2v) is 6.05. The number of carbonyl (C=O) groups excluding carboxylic acids is 1. The second kappa shape index (κ2) is 7.51. The van der Waals surface area contributed by atoms with Crippen molar-refractivity contribution in [3.63, 3.8) is 0 Å². The second-order valence-electron chi connectivity index (χ2n) is 6.05. The van der Waals surface area contributed by atoms with Crippen molar-refractivity contribution in [3.05, 3.63) is 41.5 Å². The Kier molecular flexibility index (Phi) is 5.16. The summed E-state index contributed by atoms with van der Waals surface area (Å²) in [4.78, 5) is 17.4. The third-order valence-corrected chi connectivity index (χ3v) is 4.46. The van der Waals surface area contributed by atoms with E-state index < -0.39 is 0 Å². The predicted octanol–water partition coefficient (Wildman–Crippen LogP) is 0.812. The zero-order chi connectivity index (χ0) is 17.8. The fourth-order valence-corrected chi connectivity index (χ4v) is 3.22. The number of rotatable bonds is 5. The molecule has 2 aromatic rings. The zero-order valence-corrected chi connectivity index (χ0v) is 14.4. The van der Waals surface area contributed by atoms with Crippen molar-refractivity contribution in [2.45, 2.75) is 19.1 Å². The number of likely N-dealkylation sites (N-methyl/N-ethyl adjacent to an activating group) is 1. The van der Waals surface area contributed by atoms with Crippen molar-refractivity contribution >= 4 is 5.91 Å². The first-order valence-electron chi connectivity index (χ1n) is 8.33. The number of H-pyrrole nitrogens is 1. The number of morpholine rings is 1. The molecule has 0 radical (unpaired) electrons. The van der Waals surface area contributed by atoms with Crippen molar-refractivity contribution in [1.29, 1.82) is 5.26 Å². The smallest absolute Gasteiger partial charge is 0.252 e. The highest BCUT2D eigenvalue weighted by Crippen LogP contribution is 2.28. The van der Waals surface area contributed by atoms with Gasteiger partial charge in [0.25, 0.3) is 5.91 Å². The van der Waals surface area contributed by atoms with Crippen molar-refractivity contribution in [1.82, 2.24) is 25.0 Å². The van der Waals surface area contributed by atoms with E-state index in [4.69, 9.17) is 10.00 Å². The van der Waals surface area contributed by atoms with E-state index in [0.29, 0.717) is 24.4 Å². The van der Waals surface area contributed by atoms with Crippen LogP contribution in [0.15, 0.2) is 24.7 Å². The molecule has 2 aromatic heterocycles. The first-order chi connectivity index (χ1) is 12.1. The number of nitrogens with one attached hydrogen (secondary N) is 2. The largest absolute Gasteiger partial charge is 0.373 e. The summed E-state index contributed by atoms with van der Waals surface area (Å²) in [6.45, 7) is 4.89. The number of nitriles is 1. The molecule has 0 bridgehead atoms. The van der Waals surface area contributed by atoms with Crippen LogP contribution in [0.3, 0.4) is 0 Å². The van der Waals surface area contributed by atoms with E-state index in [1.165, 1.54) is 12.3 Å². The number of aromatic amines is 1. The highest BCUT2D eigenvalue weighted by molar-refractivity contribution is 5.94. The molecule has 1 aliphatic rings. The van der Waals surface area contributed by atoms with Gasteiger partial charge in [-0.3, -0.25) is 14.4 Å². The van der Waals surface area contributed by atoms with E-state index in [1.54, 1.807) is 4.68 Å². The van der Waals surface area contributed by atoms with Crippen molar-refractivity contribution in [2.75, 3.05) is 26.2 Å². The lowest BCUT2D eigenvalue weighted by atomic mass is 10.0. The van der Waals surface area contributed by atoms with Gasteiger partial charge in [-0.15, -0.1) is 0 Å². The van der Waals surface area contributed by atoms with Gasteiger partial charge in [-0.25, -0.2) is 0 Å². The Morgan fingerprint density at radius 3 is 3.08 bits per heavy atom. The number of ether oxygens (including phenoxy) is 1. The van der Waals surface area contributed by atoms with Crippen LogP contribution in [0, 0.1) is 11.3 Å². The third kappa shape index (κ3) is 3.73. The molecule has 8 nitrogen and oxygen atoms in total. The quantitative estimate of drug-likeness (QED) is 0.838. The van der Waals surface area contributed by atoms with E-state index in [2.05, 4.69) is 27.2 Å². The van der Waals surface area contributed by atoms with E-state index >= 15 is 0 Å². The van der Waals surface area contributed by atoms with Crippen LogP contribution in [0.4, 0.5) is 0 Å². The van der Waals surface area contributed by atoms with Crippen LogP contribution in [0.1, 0.15) is 34.6 Å². The molecule has 25 heavy (non-hydrogen) atoms. The first kappa shape index (κ1) is 17.2. The Morgan fingerprint density at radius 2 is 2.44 bits per heavy atom. The minimum atomic E-state index is -0.222. The van der Waals surface area contributed by atoms with E-state index in [9.17, 15) is 4.79 Å².